The molecule has 0 bridgehead atoms. The summed E-state index contributed by atoms with van der Waals surface area (Å²) in [5, 5.41) is 37.4. The van der Waals surface area contributed by atoms with Crippen LogP contribution in [-0.2, 0) is 9.59 Å². The first-order chi connectivity index (χ1) is 12.5. The summed E-state index contributed by atoms with van der Waals surface area (Å²) in [5.74, 6) is -3.02. The smallest absolute Gasteiger partial charge is 0.414 e. The molecule has 152 valence electrons. The molecule has 0 radical (unpaired) electrons. The molecule has 0 saturated carbocycles. The number of carbonyl (C=O) groups is 2. The normalized spacial score (nSPS) is 12.2. The van der Waals surface area contributed by atoms with Crippen LogP contribution in [0.15, 0.2) is 24.3 Å². The van der Waals surface area contributed by atoms with E-state index in [9.17, 15) is 5.11 Å². The zero-order valence-electron chi connectivity index (χ0n) is 15.5. The summed E-state index contributed by atoms with van der Waals surface area (Å²) in [6, 6.07) is 5.24. The zero-order chi connectivity index (χ0) is 21.0. The van der Waals surface area contributed by atoms with Gasteiger partial charge in [-0.15, -0.1) is 0 Å². The molecule has 27 heavy (non-hydrogen) atoms. The third-order valence-corrected chi connectivity index (χ3v) is 3.09. The fourth-order valence-corrected chi connectivity index (χ4v) is 1.81. The monoisotopic (exact) mass is 403 g/mol. The van der Waals surface area contributed by atoms with Crippen molar-refractivity contribution in [3.8, 4) is 5.75 Å². The largest absolute Gasteiger partial charge is 0.490 e. The van der Waals surface area contributed by atoms with Gasteiger partial charge in [0.1, 0.15) is 18.5 Å². The average molecular weight is 404 g/mol. The SMILES string of the molecule is CC(C)(C)NCC(O)COc1ccc(Cl)cc1/C=C/CO.O=C(O)C(=O)O. The minimum absolute atomic E-state index is 0.0454. The van der Waals surface area contributed by atoms with E-state index in [0.717, 1.165) is 5.56 Å². The van der Waals surface area contributed by atoms with E-state index in [4.69, 9.17) is 41.2 Å². The first-order valence-electron chi connectivity index (χ1n) is 8.05. The van der Waals surface area contributed by atoms with Crippen molar-refractivity contribution >= 4 is 29.6 Å². The summed E-state index contributed by atoms with van der Waals surface area (Å²) in [4.78, 5) is 18.2. The first-order valence-corrected chi connectivity index (χ1v) is 8.43. The van der Waals surface area contributed by atoms with Gasteiger partial charge in [0.25, 0.3) is 0 Å². The van der Waals surface area contributed by atoms with E-state index >= 15 is 0 Å². The Morgan fingerprint density at radius 1 is 1.26 bits per heavy atom. The molecule has 1 rings (SSSR count). The number of aliphatic hydroxyl groups excluding tert-OH is 2. The van der Waals surface area contributed by atoms with Crippen LogP contribution in [0, 0.1) is 0 Å². The van der Waals surface area contributed by atoms with E-state index in [1.54, 1.807) is 30.4 Å². The van der Waals surface area contributed by atoms with E-state index in [-0.39, 0.29) is 18.8 Å². The highest BCUT2D eigenvalue weighted by molar-refractivity contribution is 6.30. The fourth-order valence-electron chi connectivity index (χ4n) is 1.63. The highest BCUT2D eigenvalue weighted by atomic mass is 35.5. The van der Waals surface area contributed by atoms with Gasteiger partial charge in [0.2, 0.25) is 0 Å². The van der Waals surface area contributed by atoms with Crippen molar-refractivity contribution in [1.82, 2.24) is 5.32 Å². The lowest BCUT2D eigenvalue weighted by Gasteiger charge is -2.23. The van der Waals surface area contributed by atoms with Crippen molar-refractivity contribution in [2.45, 2.75) is 32.4 Å². The standard InChI is InChI=1S/C16H24ClNO3.C2H2O4/c1-16(2,3)18-10-14(20)11-21-15-7-6-13(17)9-12(15)5-4-8-19;3-1(4)2(5)6/h4-7,9,14,18-20H,8,10-11H2,1-3H3;(H,3,4)(H,5,6)/b5-4+;. The van der Waals surface area contributed by atoms with Crippen molar-refractivity contribution in [3.63, 3.8) is 0 Å². The Morgan fingerprint density at radius 2 is 1.85 bits per heavy atom. The number of ether oxygens (including phenoxy) is 1. The van der Waals surface area contributed by atoms with Gasteiger partial charge >= 0.3 is 11.9 Å². The number of rotatable bonds is 7. The van der Waals surface area contributed by atoms with Crippen LogP contribution in [0.5, 0.6) is 5.75 Å². The van der Waals surface area contributed by atoms with Crippen LogP contribution in [0.2, 0.25) is 5.02 Å². The number of carboxylic acid groups (broad SMARTS) is 2. The summed E-state index contributed by atoms with van der Waals surface area (Å²) in [7, 11) is 0. The van der Waals surface area contributed by atoms with Gasteiger partial charge in [-0.25, -0.2) is 9.59 Å². The summed E-state index contributed by atoms with van der Waals surface area (Å²) < 4.78 is 5.63. The number of nitrogens with one attached hydrogen (secondary N) is 1. The predicted octanol–water partition coefficient (Wildman–Crippen LogP) is 1.63. The van der Waals surface area contributed by atoms with Crippen LogP contribution in [0.4, 0.5) is 0 Å². The quantitative estimate of drug-likeness (QED) is 0.433. The number of hydrogen-bond donors (Lipinski definition) is 5. The average Bonchev–Trinajstić information content (AvgIpc) is 2.57. The number of aliphatic hydroxyl groups is 2. The van der Waals surface area contributed by atoms with Crippen molar-refractivity contribution in [1.29, 1.82) is 0 Å². The summed E-state index contributed by atoms with van der Waals surface area (Å²) in [5.41, 5.74) is 0.726. The summed E-state index contributed by atoms with van der Waals surface area (Å²) in [6.07, 6.45) is 2.74. The van der Waals surface area contributed by atoms with Gasteiger partial charge in [-0.05, 0) is 39.0 Å². The first kappa shape index (κ1) is 24.9. The maximum absolute atomic E-state index is 9.92. The van der Waals surface area contributed by atoms with Gasteiger partial charge in [-0.3, -0.25) is 0 Å². The second-order valence-electron chi connectivity index (χ2n) is 6.47. The predicted molar refractivity (Wildman–Crippen MR) is 102 cm³/mol. The second kappa shape index (κ2) is 12.3. The van der Waals surface area contributed by atoms with Crippen LogP contribution in [0.3, 0.4) is 0 Å². The number of benzene rings is 1. The van der Waals surface area contributed by atoms with Gasteiger partial charge in [-0.1, -0.05) is 23.8 Å². The Morgan fingerprint density at radius 3 is 2.33 bits per heavy atom. The van der Waals surface area contributed by atoms with E-state index in [1.807, 2.05) is 20.8 Å². The molecule has 9 heteroatoms. The molecule has 1 aromatic carbocycles. The number of hydrogen-bond acceptors (Lipinski definition) is 6. The molecule has 0 saturated heterocycles. The molecule has 0 aliphatic rings. The molecule has 1 atom stereocenters. The minimum atomic E-state index is -1.82. The van der Waals surface area contributed by atoms with E-state index in [1.165, 1.54) is 0 Å². The van der Waals surface area contributed by atoms with Crippen LogP contribution >= 0.6 is 11.6 Å². The number of halogens is 1. The summed E-state index contributed by atoms with van der Waals surface area (Å²) in [6.45, 7) is 6.71. The number of β-amino-alcohol motifs (C(OH)–C–C–N with tert-alkyl or cyclic N) is 1. The fraction of sp³-hybridized carbons (Fsp3) is 0.444. The molecule has 1 aromatic rings. The minimum Gasteiger partial charge on any atom is -0.490 e. The Kier molecular flexibility index (Phi) is 11.3. The lowest BCUT2D eigenvalue weighted by molar-refractivity contribution is -0.159. The van der Waals surface area contributed by atoms with Gasteiger partial charge in [0.15, 0.2) is 0 Å². The zero-order valence-corrected chi connectivity index (χ0v) is 16.2. The Bertz CT molecular complexity index is 629. The maximum Gasteiger partial charge on any atom is 0.414 e. The number of carboxylic acids is 2. The third kappa shape index (κ3) is 12.8. The Hall–Kier alpha value is -2.13. The molecular formula is C18H26ClNO7. The van der Waals surface area contributed by atoms with E-state index < -0.39 is 18.0 Å². The van der Waals surface area contributed by atoms with Crippen LogP contribution < -0.4 is 10.1 Å². The lowest BCUT2D eigenvalue weighted by atomic mass is 10.1. The lowest BCUT2D eigenvalue weighted by Crippen LogP contribution is -2.42. The molecule has 0 heterocycles. The van der Waals surface area contributed by atoms with Crippen LogP contribution in [0.1, 0.15) is 26.3 Å². The molecule has 0 aromatic heterocycles. The van der Waals surface area contributed by atoms with Gasteiger partial charge in [0.05, 0.1) is 6.61 Å². The molecule has 0 aliphatic carbocycles. The molecule has 1 unspecified atom stereocenters. The third-order valence-electron chi connectivity index (χ3n) is 2.86. The highest BCUT2D eigenvalue weighted by Crippen LogP contribution is 2.24. The van der Waals surface area contributed by atoms with Gasteiger partial charge in [-0.2, -0.15) is 0 Å². The maximum atomic E-state index is 9.92. The van der Waals surface area contributed by atoms with E-state index in [0.29, 0.717) is 17.3 Å². The van der Waals surface area contributed by atoms with Crippen molar-refractivity contribution in [2.24, 2.45) is 0 Å². The Balaban J connectivity index is 0.000000972. The van der Waals surface area contributed by atoms with Crippen molar-refractivity contribution in [3.05, 3.63) is 34.9 Å². The van der Waals surface area contributed by atoms with Crippen LogP contribution in [-0.4, -0.2) is 63.8 Å². The van der Waals surface area contributed by atoms with Crippen molar-refractivity contribution in [2.75, 3.05) is 19.8 Å². The molecule has 8 nitrogen and oxygen atoms in total. The topological polar surface area (TPSA) is 136 Å². The van der Waals surface area contributed by atoms with Crippen LogP contribution in [0.25, 0.3) is 6.08 Å². The molecule has 0 amide bonds. The molecule has 0 fully saturated rings. The van der Waals surface area contributed by atoms with E-state index in [2.05, 4.69) is 5.32 Å². The van der Waals surface area contributed by atoms with Crippen molar-refractivity contribution < 1.29 is 34.8 Å². The van der Waals surface area contributed by atoms with Gasteiger partial charge in [0, 0.05) is 22.7 Å². The van der Waals surface area contributed by atoms with Gasteiger partial charge < -0.3 is 30.5 Å². The summed E-state index contributed by atoms with van der Waals surface area (Å²) >= 11 is 5.95. The Labute approximate surface area is 163 Å². The molecule has 5 N–H and O–H groups in total. The second-order valence-corrected chi connectivity index (χ2v) is 6.91. The molecular weight excluding hydrogens is 378 g/mol. The molecule has 0 aliphatic heterocycles. The highest BCUT2D eigenvalue weighted by Gasteiger charge is 2.13. The number of aliphatic carboxylic acids is 2. The molecule has 0 spiro atoms.